The maximum atomic E-state index is 12.1. The third kappa shape index (κ3) is 7.09. The molecule has 1 saturated heterocycles. The zero-order chi connectivity index (χ0) is 21.2. The summed E-state index contributed by atoms with van der Waals surface area (Å²) in [5.74, 6) is -0.620. The number of aromatic nitrogens is 2. The molecule has 1 aromatic heterocycles. The molecule has 0 atom stereocenters. The number of nitrogens with one attached hydrogen (secondary N) is 3. The van der Waals surface area contributed by atoms with Crippen LogP contribution in [0.5, 0.6) is 6.01 Å². The smallest absolute Gasteiger partial charge is 0.409 e. The van der Waals surface area contributed by atoms with Crippen molar-refractivity contribution in [1.82, 2.24) is 25.5 Å². The minimum absolute atomic E-state index is 0.0236. The SMILES string of the molecule is CCOC(=O)N1CCC(NC(=O)CCCNC(=O)c2cc(=O)[nH]c(OC)n2)CC1. The maximum Gasteiger partial charge on any atom is 0.409 e. The number of carbonyl (C=O) groups excluding carboxylic acids is 3. The number of nitrogens with zero attached hydrogens (tertiary/aromatic N) is 2. The van der Waals surface area contributed by atoms with Gasteiger partial charge in [0.05, 0.1) is 13.7 Å². The van der Waals surface area contributed by atoms with Crippen LogP contribution in [-0.4, -0.2) is 72.2 Å². The fourth-order valence-electron chi connectivity index (χ4n) is 2.91. The van der Waals surface area contributed by atoms with Gasteiger partial charge < -0.3 is 25.0 Å². The molecule has 0 aromatic carbocycles. The average molecular weight is 409 g/mol. The van der Waals surface area contributed by atoms with E-state index in [9.17, 15) is 19.2 Å². The minimum atomic E-state index is -0.513. The molecule has 1 fully saturated rings. The molecule has 1 aliphatic rings. The molecule has 0 unspecified atom stereocenters. The summed E-state index contributed by atoms with van der Waals surface area (Å²) < 4.78 is 9.79. The van der Waals surface area contributed by atoms with Crippen LogP contribution < -0.4 is 20.9 Å². The Morgan fingerprint density at radius 2 is 2.03 bits per heavy atom. The second-order valence-electron chi connectivity index (χ2n) is 6.53. The van der Waals surface area contributed by atoms with E-state index in [1.165, 1.54) is 7.11 Å². The first-order valence-electron chi connectivity index (χ1n) is 9.57. The fourth-order valence-corrected chi connectivity index (χ4v) is 2.91. The maximum absolute atomic E-state index is 12.1. The molecule has 2 heterocycles. The molecule has 1 aliphatic heterocycles. The molecule has 0 spiro atoms. The van der Waals surface area contributed by atoms with E-state index in [-0.39, 0.29) is 42.7 Å². The highest BCUT2D eigenvalue weighted by Gasteiger charge is 2.24. The molecular weight excluding hydrogens is 382 g/mol. The van der Waals surface area contributed by atoms with Crippen molar-refractivity contribution in [3.05, 3.63) is 22.1 Å². The second-order valence-corrected chi connectivity index (χ2v) is 6.53. The molecule has 160 valence electrons. The van der Waals surface area contributed by atoms with Gasteiger partial charge in [0.2, 0.25) is 5.91 Å². The summed E-state index contributed by atoms with van der Waals surface area (Å²) in [5.41, 5.74) is -0.543. The lowest BCUT2D eigenvalue weighted by Gasteiger charge is -2.31. The summed E-state index contributed by atoms with van der Waals surface area (Å²) in [6.45, 7) is 3.47. The molecule has 1 aromatic rings. The predicted molar refractivity (Wildman–Crippen MR) is 103 cm³/mol. The number of H-pyrrole nitrogens is 1. The number of carbonyl (C=O) groups is 3. The molecule has 0 aliphatic carbocycles. The topological polar surface area (TPSA) is 143 Å². The number of piperidine rings is 1. The Hall–Kier alpha value is -3.11. The normalized spacial score (nSPS) is 14.2. The highest BCUT2D eigenvalue weighted by atomic mass is 16.6. The first-order valence-corrected chi connectivity index (χ1v) is 9.57. The van der Waals surface area contributed by atoms with Crippen molar-refractivity contribution in [3.8, 4) is 6.01 Å². The van der Waals surface area contributed by atoms with Crippen LogP contribution in [0.4, 0.5) is 4.79 Å². The molecule has 2 rings (SSSR count). The monoisotopic (exact) mass is 409 g/mol. The highest BCUT2D eigenvalue weighted by molar-refractivity contribution is 5.92. The number of hydrogen-bond donors (Lipinski definition) is 3. The second kappa shape index (κ2) is 11.0. The standard InChI is InChI=1S/C18H27N5O6/c1-3-29-18(27)23-9-6-12(7-10-23)20-14(24)5-4-8-19-16(26)13-11-15(25)22-17(21-13)28-2/h11-12H,3-10H2,1-2H3,(H,19,26)(H,20,24)(H,21,22,25). The molecule has 11 heteroatoms. The van der Waals surface area contributed by atoms with E-state index in [4.69, 9.17) is 9.47 Å². The summed E-state index contributed by atoms with van der Waals surface area (Å²) in [6, 6.07) is 1.05. The van der Waals surface area contributed by atoms with Gasteiger partial charge in [0.15, 0.2) is 0 Å². The van der Waals surface area contributed by atoms with Crippen molar-refractivity contribution in [2.24, 2.45) is 0 Å². The molecule has 3 N–H and O–H groups in total. The van der Waals surface area contributed by atoms with Crippen LogP contribution >= 0.6 is 0 Å². The Bertz CT molecular complexity index is 772. The van der Waals surface area contributed by atoms with E-state index in [2.05, 4.69) is 20.6 Å². The summed E-state index contributed by atoms with van der Waals surface area (Å²) in [4.78, 5) is 55.0. The lowest BCUT2D eigenvalue weighted by atomic mass is 10.1. The van der Waals surface area contributed by atoms with Gasteiger partial charge in [-0.25, -0.2) is 4.79 Å². The number of amides is 3. The van der Waals surface area contributed by atoms with Gasteiger partial charge in [-0.05, 0) is 26.2 Å². The van der Waals surface area contributed by atoms with E-state index in [1.54, 1.807) is 11.8 Å². The van der Waals surface area contributed by atoms with Crippen LogP contribution in [0.2, 0.25) is 0 Å². The highest BCUT2D eigenvalue weighted by Crippen LogP contribution is 2.11. The Morgan fingerprint density at radius 1 is 1.31 bits per heavy atom. The first kappa shape index (κ1) is 22.2. The lowest BCUT2D eigenvalue weighted by molar-refractivity contribution is -0.122. The summed E-state index contributed by atoms with van der Waals surface area (Å²) in [5, 5.41) is 5.57. The van der Waals surface area contributed by atoms with Crippen LogP contribution in [0.15, 0.2) is 10.9 Å². The Labute approximate surface area is 168 Å². The molecule has 0 radical (unpaired) electrons. The molecule has 11 nitrogen and oxygen atoms in total. The van der Waals surface area contributed by atoms with Gasteiger partial charge in [0.25, 0.3) is 17.5 Å². The van der Waals surface area contributed by atoms with Gasteiger partial charge in [-0.3, -0.25) is 19.4 Å². The van der Waals surface area contributed by atoms with Gasteiger partial charge in [-0.1, -0.05) is 0 Å². The van der Waals surface area contributed by atoms with E-state index in [1.807, 2.05) is 0 Å². The number of methoxy groups -OCH3 is 1. The predicted octanol–water partition coefficient (Wildman–Crippen LogP) is 0.0256. The van der Waals surface area contributed by atoms with Gasteiger partial charge in [0.1, 0.15) is 5.69 Å². The fraction of sp³-hybridized carbons (Fsp3) is 0.611. The van der Waals surface area contributed by atoms with Gasteiger partial charge in [-0.15, -0.1) is 0 Å². The zero-order valence-corrected chi connectivity index (χ0v) is 16.7. The Balaban J connectivity index is 1.65. The zero-order valence-electron chi connectivity index (χ0n) is 16.7. The molecule has 3 amide bonds. The van der Waals surface area contributed by atoms with Crippen LogP contribution in [0.3, 0.4) is 0 Å². The summed E-state index contributed by atoms with van der Waals surface area (Å²) in [6.07, 6.45) is 1.74. The van der Waals surface area contributed by atoms with Gasteiger partial charge in [0, 0.05) is 38.2 Å². The Kier molecular flexibility index (Phi) is 8.44. The summed E-state index contributed by atoms with van der Waals surface area (Å²) in [7, 11) is 1.33. The number of likely N-dealkylation sites (tertiary alicyclic amines) is 1. The van der Waals surface area contributed by atoms with Crippen molar-refractivity contribution < 1.29 is 23.9 Å². The number of hydrogen-bond acceptors (Lipinski definition) is 7. The van der Waals surface area contributed by atoms with E-state index < -0.39 is 11.5 Å². The van der Waals surface area contributed by atoms with Crippen molar-refractivity contribution in [3.63, 3.8) is 0 Å². The van der Waals surface area contributed by atoms with Crippen molar-refractivity contribution in [1.29, 1.82) is 0 Å². The number of rotatable bonds is 8. The lowest BCUT2D eigenvalue weighted by Crippen LogP contribution is -2.46. The first-order chi connectivity index (χ1) is 13.9. The van der Waals surface area contributed by atoms with Crippen LogP contribution in [0, 0.1) is 0 Å². The number of aromatic amines is 1. The van der Waals surface area contributed by atoms with Gasteiger partial charge >= 0.3 is 6.09 Å². The Morgan fingerprint density at radius 3 is 2.69 bits per heavy atom. The van der Waals surface area contributed by atoms with Crippen molar-refractivity contribution >= 4 is 17.9 Å². The van der Waals surface area contributed by atoms with Crippen LogP contribution in [0.1, 0.15) is 43.1 Å². The largest absolute Gasteiger partial charge is 0.468 e. The quantitative estimate of drug-likeness (QED) is 0.514. The van der Waals surface area contributed by atoms with Crippen LogP contribution in [-0.2, 0) is 9.53 Å². The minimum Gasteiger partial charge on any atom is -0.468 e. The van der Waals surface area contributed by atoms with E-state index >= 15 is 0 Å². The molecule has 29 heavy (non-hydrogen) atoms. The average Bonchev–Trinajstić information content (AvgIpc) is 2.71. The molecular formula is C18H27N5O6. The van der Waals surface area contributed by atoms with Crippen molar-refractivity contribution in [2.45, 2.75) is 38.6 Å². The van der Waals surface area contributed by atoms with Crippen LogP contribution in [0.25, 0.3) is 0 Å². The molecule has 0 bridgehead atoms. The summed E-state index contributed by atoms with van der Waals surface area (Å²) >= 11 is 0. The third-order valence-corrected chi connectivity index (χ3v) is 4.40. The molecule has 0 saturated carbocycles. The number of ether oxygens (including phenoxy) is 2. The van der Waals surface area contributed by atoms with Crippen molar-refractivity contribution in [2.75, 3.05) is 33.4 Å². The van der Waals surface area contributed by atoms with E-state index in [0.29, 0.717) is 39.0 Å². The van der Waals surface area contributed by atoms with E-state index in [0.717, 1.165) is 6.07 Å². The van der Waals surface area contributed by atoms with Gasteiger partial charge in [-0.2, -0.15) is 4.98 Å². The third-order valence-electron chi connectivity index (χ3n) is 4.40.